The van der Waals surface area contributed by atoms with Crippen LogP contribution in [0.1, 0.15) is 30.1 Å². The van der Waals surface area contributed by atoms with Crippen molar-refractivity contribution in [1.82, 2.24) is 9.88 Å². The van der Waals surface area contributed by atoms with Crippen molar-refractivity contribution in [2.45, 2.75) is 25.8 Å². The molecule has 1 aliphatic heterocycles. The molecule has 102 valence electrons. The van der Waals surface area contributed by atoms with Gasteiger partial charge >= 0.3 is 5.97 Å². The summed E-state index contributed by atoms with van der Waals surface area (Å²) in [6.45, 7) is 2.59. The van der Waals surface area contributed by atoms with Gasteiger partial charge in [-0.15, -0.1) is 0 Å². The fourth-order valence-electron chi connectivity index (χ4n) is 2.18. The highest BCUT2D eigenvalue weighted by atomic mass is 35.5. The number of hydrogen-bond acceptors (Lipinski definition) is 4. The van der Waals surface area contributed by atoms with E-state index in [1.165, 1.54) is 17.3 Å². The quantitative estimate of drug-likeness (QED) is 0.795. The summed E-state index contributed by atoms with van der Waals surface area (Å²) in [4.78, 5) is 29.6. The van der Waals surface area contributed by atoms with Crippen LogP contribution in [-0.4, -0.2) is 41.0 Å². The van der Waals surface area contributed by atoms with Crippen molar-refractivity contribution < 1.29 is 14.3 Å². The molecule has 1 aliphatic rings. The molecule has 19 heavy (non-hydrogen) atoms. The van der Waals surface area contributed by atoms with Crippen molar-refractivity contribution >= 4 is 23.5 Å². The lowest BCUT2D eigenvalue weighted by Gasteiger charge is -2.23. The van der Waals surface area contributed by atoms with Gasteiger partial charge in [0.2, 0.25) is 0 Å². The number of rotatable bonds is 3. The van der Waals surface area contributed by atoms with Crippen LogP contribution in [0, 0.1) is 0 Å². The fraction of sp³-hybridized carbons (Fsp3) is 0.462. The molecule has 1 aromatic rings. The minimum absolute atomic E-state index is 0.270. The Labute approximate surface area is 116 Å². The summed E-state index contributed by atoms with van der Waals surface area (Å²) < 4.78 is 4.99. The van der Waals surface area contributed by atoms with Gasteiger partial charge in [-0.05, 0) is 25.8 Å². The molecule has 6 heteroatoms. The Morgan fingerprint density at radius 2 is 2.37 bits per heavy atom. The van der Waals surface area contributed by atoms with Crippen LogP contribution < -0.4 is 0 Å². The first-order valence-electron chi connectivity index (χ1n) is 6.22. The van der Waals surface area contributed by atoms with E-state index in [4.69, 9.17) is 16.3 Å². The molecule has 1 aromatic heterocycles. The van der Waals surface area contributed by atoms with Gasteiger partial charge in [0.15, 0.2) is 0 Å². The zero-order valence-corrected chi connectivity index (χ0v) is 11.4. The first kappa shape index (κ1) is 13.8. The van der Waals surface area contributed by atoms with Crippen molar-refractivity contribution in [2.24, 2.45) is 0 Å². The lowest BCUT2D eigenvalue weighted by molar-refractivity contribution is -0.147. The predicted molar refractivity (Wildman–Crippen MR) is 69.9 cm³/mol. The van der Waals surface area contributed by atoms with Crippen LogP contribution in [0.4, 0.5) is 0 Å². The van der Waals surface area contributed by atoms with E-state index in [1.54, 1.807) is 13.0 Å². The van der Waals surface area contributed by atoms with Crippen molar-refractivity contribution in [3.8, 4) is 0 Å². The summed E-state index contributed by atoms with van der Waals surface area (Å²) in [5, 5.41) is 0.342. The zero-order valence-electron chi connectivity index (χ0n) is 10.6. The normalized spacial score (nSPS) is 18.4. The molecule has 1 unspecified atom stereocenters. The number of aromatic nitrogens is 1. The lowest BCUT2D eigenvalue weighted by Crippen LogP contribution is -2.41. The van der Waals surface area contributed by atoms with E-state index in [-0.39, 0.29) is 11.9 Å². The van der Waals surface area contributed by atoms with Crippen molar-refractivity contribution in [1.29, 1.82) is 0 Å². The second-order valence-electron chi connectivity index (χ2n) is 4.26. The topological polar surface area (TPSA) is 59.5 Å². The molecule has 0 radical (unpaired) electrons. The van der Waals surface area contributed by atoms with Crippen LogP contribution in [0.2, 0.25) is 5.02 Å². The van der Waals surface area contributed by atoms with Gasteiger partial charge in [-0.3, -0.25) is 9.78 Å². The molecule has 0 saturated carbocycles. The molecule has 1 amide bonds. The van der Waals surface area contributed by atoms with E-state index in [0.29, 0.717) is 30.2 Å². The van der Waals surface area contributed by atoms with Gasteiger partial charge in [-0.2, -0.15) is 0 Å². The maximum Gasteiger partial charge on any atom is 0.328 e. The number of likely N-dealkylation sites (tertiary alicyclic amines) is 1. The van der Waals surface area contributed by atoms with E-state index in [0.717, 1.165) is 6.42 Å². The van der Waals surface area contributed by atoms with Gasteiger partial charge in [0, 0.05) is 18.9 Å². The zero-order chi connectivity index (χ0) is 13.8. The number of hydrogen-bond donors (Lipinski definition) is 0. The molecule has 1 saturated heterocycles. The van der Waals surface area contributed by atoms with Gasteiger partial charge in [-0.25, -0.2) is 4.79 Å². The SMILES string of the molecule is CCOC(=O)C1CCCN1C(=O)c1cnccc1Cl. The van der Waals surface area contributed by atoms with Crippen LogP contribution in [0.5, 0.6) is 0 Å². The van der Waals surface area contributed by atoms with E-state index in [9.17, 15) is 9.59 Å². The highest BCUT2D eigenvalue weighted by Gasteiger charge is 2.36. The fourth-order valence-corrected chi connectivity index (χ4v) is 2.37. The Morgan fingerprint density at radius 1 is 1.58 bits per heavy atom. The summed E-state index contributed by atoms with van der Waals surface area (Å²) >= 11 is 5.98. The molecule has 5 nitrogen and oxygen atoms in total. The number of ether oxygens (including phenoxy) is 1. The highest BCUT2D eigenvalue weighted by molar-refractivity contribution is 6.33. The average Bonchev–Trinajstić information content (AvgIpc) is 2.88. The number of amides is 1. The molecule has 2 heterocycles. The van der Waals surface area contributed by atoms with Crippen LogP contribution in [0.15, 0.2) is 18.5 Å². The van der Waals surface area contributed by atoms with Gasteiger partial charge in [0.25, 0.3) is 5.91 Å². The van der Waals surface area contributed by atoms with Gasteiger partial charge < -0.3 is 9.64 Å². The third-order valence-corrected chi connectivity index (χ3v) is 3.40. The Balaban J connectivity index is 2.19. The van der Waals surface area contributed by atoms with Crippen molar-refractivity contribution in [2.75, 3.05) is 13.2 Å². The van der Waals surface area contributed by atoms with Gasteiger partial charge in [0.05, 0.1) is 17.2 Å². The molecule has 0 N–H and O–H groups in total. The monoisotopic (exact) mass is 282 g/mol. The summed E-state index contributed by atoms with van der Waals surface area (Å²) in [6.07, 6.45) is 4.35. The Morgan fingerprint density at radius 3 is 3.05 bits per heavy atom. The third kappa shape index (κ3) is 2.87. The second kappa shape index (κ2) is 6.02. The largest absolute Gasteiger partial charge is 0.464 e. The molecule has 0 aromatic carbocycles. The van der Waals surface area contributed by atoms with E-state index >= 15 is 0 Å². The molecule has 0 spiro atoms. The van der Waals surface area contributed by atoms with E-state index in [1.807, 2.05) is 0 Å². The average molecular weight is 283 g/mol. The number of esters is 1. The highest BCUT2D eigenvalue weighted by Crippen LogP contribution is 2.23. The first-order valence-corrected chi connectivity index (χ1v) is 6.60. The molecule has 2 rings (SSSR count). The Kier molecular flexibility index (Phi) is 4.37. The number of carbonyl (C=O) groups is 2. The standard InChI is InChI=1S/C13H15ClN2O3/c1-2-19-13(18)11-4-3-7-16(11)12(17)9-8-15-6-5-10(9)14/h5-6,8,11H,2-4,7H2,1H3. The summed E-state index contributed by atoms with van der Waals surface area (Å²) in [5.41, 5.74) is 0.320. The minimum Gasteiger partial charge on any atom is -0.464 e. The Bertz CT molecular complexity index is 493. The van der Waals surface area contributed by atoms with Crippen LogP contribution in [0.25, 0.3) is 0 Å². The van der Waals surface area contributed by atoms with Crippen LogP contribution >= 0.6 is 11.6 Å². The van der Waals surface area contributed by atoms with Crippen LogP contribution in [0.3, 0.4) is 0 Å². The number of halogens is 1. The number of nitrogens with zero attached hydrogens (tertiary/aromatic N) is 2. The molecule has 1 fully saturated rings. The van der Waals surface area contributed by atoms with Crippen molar-refractivity contribution in [3.05, 3.63) is 29.0 Å². The summed E-state index contributed by atoms with van der Waals surface area (Å²) in [6, 6.07) is 1.05. The molecule has 0 bridgehead atoms. The van der Waals surface area contributed by atoms with Crippen LogP contribution in [-0.2, 0) is 9.53 Å². The summed E-state index contributed by atoms with van der Waals surface area (Å²) in [7, 11) is 0. The molecular weight excluding hydrogens is 268 g/mol. The molecule has 0 aliphatic carbocycles. The predicted octanol–water partition coefficient (Wildman–Crippen LogP) is 1.90. The van der Waals surface area contributed by atoms with E-state index in [2.05, 4.69) is 4.98 Å². The van der Waals surface area contributed by atoms with Gasteiger partial charge in [0.1, 0.15) is 6.04 Å². The molecule has 1 atom stereocenters. The van der Waals surface area contributed by atoms with E-state index < -0.39 is 6.04 Å². The van der Waals surface area contributed by atoms with Gasteiger partial charge in [-0.1, -0.05) is 11.6 Å². The Hall–Kier alpha value is -1.62. The number of carbonyl (C=O) groups excluding carboxylic acids is 2. The third-order valence-electron chi connectivity index (χ3n) is 3.07. The first-order chi connectivity index (χ1) is 9.15. The number of pyridine rings is 1. The second-order valence-corrected chi connectivity index (χ2v) is 4.67. The van der Waals surface area contributed by atoms with Crippen molar-refractivity contribution in [3.63, 3.8) is 0 Å². The lowest BCUT2D eigenvalue weighted by atomic mass is 10.2. The maximum absolute atomic E-state index is 12.4. The maximum atomic E-state index is 12.4. The summed E-state index contributed by atoms with van der Waals surface area (Å²) in [5.74, 6) is -0.623. The smallest absolute Gasteiger partial charge is 0.328 e. The minimum atomic E-state index is -0.510. The molecular formula is C13H15ClN2O3.